The summed E-state index contributed by atoms with van der Waals surface area (Å²) < 4.78 is 5.32. The first-order valence-electron chi connectivity index (χ1n) is 7.17. The fourth-order valence-corrected chi connectivity index (χ4v) is 2.64. The highest BCUT2D eigenvalue weighted by Crippen LogP contribution is 2.25. The average molecular weight is 296 g/mol. The Morgan fingerprint density at radius 3 is 2.95 bits per heavy atom. The number of nitrogens with zero attached hydrogens (tertiary/aromatic N) is 4. The molecule has 0 spiro atoms. The van der Waals surface area contributed by atoms with E-state index in [1.807, 2.05) is 30.3 Å². The summed E-state index contributed by atoms with van der Waals surface area (Å²) in [4.78, 5) is 15.5. The van der Waals surface area contributed by atoms with Gasteiger partial charge in [-0.2, -0.15) is 5.26 Å². The fourth-order valence-electron chi connectivity index (χ4n) is 2.64. The Labute approximate surface area is 128 Å². The highest BCUT2D eigenvalue weighted by molar-refractivity contribution is 5.96. The number of likely N-dealkylation sites (N-methyl/N-ethyl adjacent to an activating group) is 1. The van der Waals surface area contributed by atoms with Gasteiger partial charge >= 0.3 is 0 Å². The Hall–Kier alpha value is -2.81. The van der Waals surface area contributed by atoms with E-state index in [-0.39, 0.29) is 5.91 Å². The van der Waals surface area contributed by atoms with Gasteiger partial charge in [0.25, 0.3) is 5.91 Å². The Morgan fingerprint density at radius 1 is 1.45 bits per heavy atom. The third kappa shape index (κ3) is 2.53. The van der Waals surface area contributed by atoms with Gasteiger partial charge in [0.15, 0.2) is 17.8 Å². The van der Waals surface area contributed by atoms with E-state index in [2.05, 4.69) is 11.3 Å². The zero-order valence-corrected chi connectivity index (χ0v) is 12.3. The van der Waals surface area contributed by atoms with Crippen LogP contribution in [-0.4, -0.2) is 35.6 Å². The molecular formula is C16H16N4O2. The Balaban J connectivity index is 1.78. The standard InChI is InChI=1S/C16H16N4O2/c1-19(16(21)13-8-5-9-20(13)11-17)15-10-14(22-18-15)12-6-3-2-4-7-12/h2-4,6-7,10,13H,5,8-9H2,1H3. The minimum Gasteiger partial charge on any atom is -0.354 e. The van der Waals surface area contributed by atoms with Gasteiger partial charge in [0.05, 0.1) is 0 Å². The predicted molar refractivity (Wildman–Crippen MR) is 80.7 cm³/mol. The van der Waals surface area contributed by atoms with E-state index in [1.165, 1.54) is 9.80 Å². The first kappa shape index (κ1) is 14.1. The van der Waals surface area contributed by atoms with Gasteiger partial charge in [-0.25, -0.2) is 0 Å². The summed E-state index contributed by atoms with van der Waals surface area (Å²) in [6.45, 7) is 0.634. The second kappa shape index (κ2) is 5.90. The van der Waals surface area contributed by atoms with Crippen LogP contribution in [-0.2, 0) is 4.79 Å². The van der Waals surface area contributed by atoms with Crippen LogP contribution in [0.15, 0.2) is 40.9 Å². The lowest BCUT2D eigenvalue weighted by molar-refractivity contribution is -0.121. The SMILES string of the molecule is CN(C(=O)C1CCCN1C#N)c1cc(-c2ccccc2)on1. The van der Waals surface area contributed by atoms with E-state index in [9.17, 15) is 4.79 Å². The number of anilines is 1. The van der Waals surface area contributed by atoms with Crippen LogP contribution in [0.2, 0.25) is 0 Å². The van der Waals surface area contributed by atoms with Crippen LogP contribution in [0, 0.1) is 11.5 Å². The van der Waals surface area contributed by atoms with E-state index in [0.717, 1.165) is 12.0 Å². The van der Waals surface area contributed by atoms with Crippen molar-refractivity contribution in [2.24, 2.45) is 0 Å². The van der Waals surface area contributed by atoms with Crippen molar-refractivity contribution in [1.82, 2.24) is 10.1 Å². The number of benzene rings is 1. The number of likely N-dealkylation sites (tertiary alicyclic amines) is 1. The van der Waals surface area contributed by atoms with E-state index >= 15 is 0 Å². The van der Waals surface area contributed by atoms with Gasteiger partial charge in [-0.1, -0.05) is 35.5 Å². The molecule has 0 N–H and O–H groups in total. The maximum absolute atomic E-state index is 12.5. The largest absolute Gasteiger partial charge is 0.354 e. The summed E-state index contributed by atoms with van der Waals surface area (Å²) in [6, 6.07) is 10.9. The molecule has 1 aromatic heterocycles. The number of rotatable bonds is 3. The van der Waals surface area contributed by atoms with Crippen molar-refractivity contribution in [2.45, 2.75) is 18.9 Å². The number of amides is 1. The molecule has 2 aromatic rings. The average Bonchev–Trinajstić information content (AvgIpc) is 3.23. The van der Waals surface area contributed by atoms with Gasteiger partial charge in [0.1, 0.15) is 6.04 Å². The van der Waals surface area contributed by atoms with Crippen LogP contribution in [0.3, 0.4) is 0 Å². The summed E-state index contributed by atoms with van der Waals surface area (Å²) in [7, 11) is 1.66. The monoisotopic (exact) mass is 296 g/mol. The molecule has 1 aliphatic heterocycles. The minimum absolute atomic E-state index is 0.132. The molecule has 0 radical (unpaired) electrons. The number of nitriles is 1. The highest BCUT2D eigenvalue weighted by atomic mass is 16.5. The van der Waals surface area contributed by atoms with E-state index in [0.29, 0.717) is 24.5 Å². The van der Waals surface area contributed by atoms with Crippen molar-refractivity contribution >= 4 is 11.7 Å². The molecule has 0 bridgehead atoms. The molecule has 1 unspecified atom stereocenters. The Kier molecular flexibility index (Phi) is 3.79. The predicted octanol–water partition coefficient (Wildman–Crippen LogP) is 2.25. The van der Waals surface area contributed by atoms with Crippen LogP contribution < -0.4 is 4.90 Å². The molecule has 22 heavy (non-hydrogen) atoms. The molecule has 1 aromatic carbocycles. The first-order valence-corrected chi connectivity index (χ1v) is 7.17. The Bertz CT molecular complexity index is 704. The topological polar surface area (TPSA) is 73.4 Å². The van der Waals surface area contributed by atoms with Crippen LogP contribution in [0.1, 0.15) is 12.8 Å². The fraction of sp³-hybridized carbons (Fsp3) is 0.312. The molecule has 2 heterocycles. The van der Waals surface area contributed by atoms with Crippen LogP contribution in [0.4, 0.5) is 5.82 Å². The van der Waals surface area contributed by atoms with Crippen LogP contribution in [0.25, 0.3) is 11.3 Å². The molecule has 1 atom stereocenters. The number of aromatic nitrogens is 1. The summed E-state index contributed by atoms with van der Waals surface area (Å²) in [5.74, 6) is 0.930. The third-order valence-corrected chi connectivity index (χ3v) is 3.90. The van der Waals surface area contributed by atoms with Crippen molar-refractivity contribution in [2.75, 3.05) is 18.5 Å². The molecule has 6 nitrogen and oxygen atoms in total. The van der Waals surface area contributed by atoms with Crippen molar-refractivity contribution < 1.29 is 9.32 Å². The molecular weight excluding hydrogens is 280 g/mol. The lowest BCUT2D eigenvalue weighted by atomic mass is 10.1. The zero-order chi connectivity index (χ0) is 15.5. The van der Waals surface area contributed by atoms with Gasteiger partial charge in [-0.15, -0.1) is 0 Å². The third-order valence-electron chi connectivity index (χ3n) is 3.90. The summed E-state index contributed by atoms with van der Waals surface area (Å²) >= 11 is 0. The van der Waals surface area contributed by atoms with E-state index in [1.54, 1.807) is 13.1 Å². The number of carbonyl (C=O) groups is 1. The lowest BCUT2D eigenvalue weighted by Crippen LogP contribution is -2.42. The van der Waals surface area contributed by atoms with Gasteiger partial charge in [-0.3, -0.25) is 14.6 Å². The molecule has 3 rings (SSSR count). The van der Waals surface area contributed by atoms with Crippen molar-refractivity contribution in [3.8, 4) is 17.5 Å². The summed E-state index contributed by atoms with van der Waals surface area (Å²) in [5.41, 5.74) is 0.904. The Morgan fingerprint density at radius 2 is 2.23 bits per heavy atom. The van der Waals surface area contributed by atoms with Crippen LogP contribution in [0.5, 0.6) is 0 Å². The molecule has 0 saturated carbocycles. The quantitative estimate of drug-likeness (QED) is 0.812. The van der Waals surface area contributed by atoms with Gasteiger partial charge in [0, 0.05) is 25.2 Å². The molecule has 112 valence electrons. The molecule has 1 amide bonds. The second-order valence-corrected chi connectivity index (χ2v) is 5.26. The van der Waals surface area contributed by atoms with Crippen molar-refractivity contribution in [1.29, 1.82) is 5.26 Å². The van der Waals surface area contributed by atoms with Gasteiger partial charge in [-0.05, 0) is 12.8 Å². The smallest absolute Gasteiger partial charge is 0.251 e. The summed E-state index contributed by atoms with van der Waals surface area (Å²) in [6.07, 6.45) is 3.62. The van der Waals surface area contributed by atoms with Crippen LogP contribution >= 0.6 is 0 Å². The molecule has 1 fully saturated rings. The molecule has 0 aliphatic carbocycles. The lowest BCUT2D eigenvalue weighted by Gasteiger charge is -2.22. The molecule has 1 aliphatic rings. The minimum atomic E-state index is -0.396. The van der Waals surface area contributed by atoms with Gasteiger partial charge < -0.3 is 4.52 Å². The van der Waals surface area contributed by atoms with E-state index in [4.69, 9.17) is 9.78 Å². The first-order chi connectivity index (χ1) is 10.7. The van der Waals surface area contributed by atoms with Gasteiger partial charge in [0.2, 0.25) is 0 Å². The number of hydrogen-bond acceptors (Lipinski definition) is 5. The summed E-state index contributed by atoms with van der Waals surface area (Å²) in [5, 5.41) is 13.0. The van der Waals surface area contributed by atoms with Crippen molar-refractivity contribution in [3.63, 3.8) is 0 Å². The van der Waals surface area contributed by atoms with E-state index < -0.39 is 6.04 Å². The normalized spacial score (nSPS) is 17.3. The maximum atomic E-state index is 12.5. The number of hydrogen-bond donors (Lipinski definition) is 0. The maximum Gasteiger partial charge on any atom is 0.251 e. The van der Waals surface area contributed by atoms with Crippen molar-refractivity contribution in [3.05, 3.63) is 36.4 Å². The highest BCUT2D eigenvalue weighted by Gasteiger charge is 2.33. The molecule has 1 saturated heterocycles. The second-order valence-electron chi connectivity index (χ2n) is 5.26. The number of carbonyl (C=O) groups excluding carboxylic acids is 1. The molecule has 6 heteroatoms. The zero-order valence-electron chi connectivity index (χ0n) is 12.3.